The van der Waals surface area contributed by atoms with Crippen molar-refractivity contribution in [2.24, 2.45) is 5.73 Å². The Hall–Kier alpha value is -1.27. The second-order valence-corrected chi connectivity index (χ2v) is 4.57. The fraction of sp³-hybridized carbons (Fsp3) is 0.769. The first-order valence-corrected chi connectivity index (χ1v) is 6.63. The van der Waals surface area contributed by atoms with Crippen LogP contribution < -0.4 is 11.1 Å². The first kappa shape index (κ1) is 17.7. The van der Waals surface area contributed by atoms with Crippen molar-refractivity contribution >= 4 is 17.6 Å². The van der Waals surface area contributed by atoms with Crippen molar-refractivity contribution in [3.05, 3.63) is 0 Å². The lowest BCUT2D eigenvalue weighted by Gasteiger charge is -2.26. The number of nitrogens with one attached hydrogen (secondary N) is 1. The third kappa shape index (κ3) is 7.03. The Bertz CT molecular complexity index is 304. The minimum Gasteiger partial charge on any atom is -0.330 e. The number of carbonyl (C=O) groups is 3. The lowest BCUT2D eigenvalue weighted by atomic mass is 10.1. The standard InChI is InChI=1S/C13H25N3O3/c1-10(17)13(16(11(2)18)12(3)19)6-4-8-15-9-5-7-14/h13,15H,4-9,14H2,1-3H3. The summed E-state index contributed by atoms with van der Waals surface area (Å²) in [5, 5.41) is 3.20. The SMILES string of the molecule is CC(=O)C(CCCNCCCN)N(C(C)=O)C(C)=O. The van der Waals surface area contributed by atoms with Crippen LogP contribution in [0.4, 0.5) is 0 Å². The highest BCUT2D eigenvalue weighted by atomic mass is 16.2. The van der Waals surface area contributed by atoms with Crippen molar-refractivity contribution in [3.63, 3.8) is 0 Å². The van der Waals surface area contributed by atoms with E-state index in [1.165, 1.54) is 20.8 Å². The molecule has 0 aromatic carbocycles. The Morgan fingerprint density at radius 2 is 1.58 bits per heavy atom. The zero-order chi connectivity index (χ0) is 14.8. The quantitative estimate of drug-likeness (QED) is 0.578. The fourth-order valence-corrected chi connectivity index (χ4v) is 1.95. The molecule has 0 spiro atoms. The molecule has 0 radical (unpaired) electrons. The monoisotopic (exact) mass is 271 g/mol. The predicted octanol–water partition coefficient (Wildman–Crippen LogP) is 0.0576. The number of Topliss-reactive ketones (excluding diaryl/α,β-unsaturated/α-hetero) is 1. The van der Waals surface area contributed by atoms with Crippen LogP contribution in [0, 0.1) is 0 Å². The van der Waals surface area contributed by atoms with Gasteiger partial charge in [-0.25, -0.2) is 0 Å². The maximum Gasteiger partial charge on any atom is 0.226 e. The highest BCUT2D eigenvalue weighted by Crippen LogP contribution is 2.09. The molecule has 6 heteroatoms. The summed E-state index contributed by atoms with van der Waals surface area (Å²) in [6.07, 6.45) is 2.12. The second-order valence-electron chi connectivity index (χ2n) is 4.57. The summed E-state index contributed by atoms with van der Waals surface area (Å²) in [5.74, 6) is -0.931. The van der Waals surface area contributed by atoms with Crippen LogP contribution >= 0.6 is 0 Å². The van der Waals surface area contributed by atoms with E-state index in [0.29, 0.717) is 13.0 Å². The van der Waals surface area contributed by atoms with Gasteiger partial charge in [0.2, 0.25) is 11.8 Å². The van der Waals surface area contributed by atoms with E-state index in [2.05, 4.69) is 5.32 Å². The van der Waals surface area contributed by atoms with Crippen LogP contribution in [0.2, 0.25) is 0 Å². The summed E-state index contributed by atoms with van der Waals surface area (Å²) in [6.45, 7) is 6.24. The van der Waals surface area contributed by atoms with Crippen molar-refractivity contribution < 1.29 is 14.4 Å². The number of hydrogen-bond donors (Lipinski definition) is 2. The van der Waals surface area contributed by atoms with Crippen molar-refractivity contribution in [3.8, 4) is 0 Å². The van der Waals surface area contributed by atoms with Crippen LogP contribution in [0.3, 0.4) is 0 Å². The van der Waals surface area contributed by atoms with Gasteiger partial charge in [0.05, 0.1) is 6.04 Å². The maximum absolute atomic E-state index is 11.6. The molecule has 19 heavy (non-hydrogen) atoms. The van der Waals surface area contributed by atoms with Crippen LogP contribution in [0.25, 0.3) is 0 Å². The molecular weight excluding hydrogens is 246 g/mol. The van der Waals surface area contributed by atoms with Gasteiger partial charge >= 0.3 is 0 Å². The van der Waals surface area contributed by atoms with Gasteiger partial charge in [0.1, 0.15) is 0 Å². The average Bonchev–Trinajstić information content (AvgIpc) is 2.30. The molecule has 0 aromatic rings. The van der Waals surface area contributed by atoms with Crippen LogP contribution in [0.15, 0.2) is 0 Å². The molecule has 0 rings (SSSR count). The number of carbonyl (C=O) groups excluding carboxylic acids is 3. The molecule has 110 valence electrons. The maximum atomic E-state index is 11.6. The van der Waals surface area contributed by atoms with Gasteiger partial charge in [-0.05, 0) is 45.8 Å². The topological polar surface area (TPSA) is 92.5 Å². The van der Waals surface area contributed by atoms with E-state index in [1.54, 1.807) is 0 Å². The smallest absolute Gasteiger partial charge is 0.226 e. The molecule has 0 aliphatic heterocycles. The van der Waals surface area contributed by atoms with Crippen molar-refractivity contribution in [1.29, 1.82) is 0 Å². The van der Waals surface area contributed by atoms with Gasteiger partial charge in [-0.15, -0.1) is 0 Å². The van der Waals surface area contributed by atoms with Gasteiger partial charge in [-0.3, -0.25) is 19.3 Å². The van der Waals surface area contributed by atoms with Crippen LogP contribution in [-0.4, -0.2) is 48.2 Å². The first-order valence-electron chi connectivity index (χ1n) is 6.63. The Balaban J connectivity index is 4.29. The van der Waals surface area contributed by atoms with E-state index in [4.69, 9.17) is 5.73 Å². The Kier molecular flexibility index (Phi) is 8.99. The molecule has 6 nitrogen and oxygen atoms in total. The highest BCUT2D eigenvalue weighted by molar-refractivity contribution is 5.98. The molecule has 0 saturated carbocycles. The van der Waals surface area contributed by atoms with E-state index in [1.807, 2.05) is 0 Å². The molecule has 0 saturated heterocycles. The van der Waals surface area contributed by atoms with Gasteiger partial charge in [0.15, 0.2) is 5.78 Å². The van der Waals surface area contributed by atoms with Crippen molar-refractivity contribution in [2.45, 2.75) is 46.1 Å². The molecule has 1 unspecified atom stereocenters. The molecule has 3 N–H and O–H groups in total. The van der Waals surface area contributed by atoms with E-state index < -0.39 is 6.04 Å². The summed E-state index contributed by atoms with van der Waals surface area (Å²) in [6, 6.07) is -0.647. The number of ketones is 1. The summed E-state index contributed by atoms with van der Waals surface area (Å²) in [7, 11) is 0. The number of nitrogens with zero attached hydrogens (tertiary/aromatic N) is 1. The summed E-state index contributed by atoms with van der Waals surface area (Å²) in [5.41, 5.74) is 5.37. The average molecular weight is 271 g/mol. The number of imide groups is 1. The van der Waals surface area contributed by atoms with Gasteiger partial charge < -0.3 is 11.1 Å². The number of rotatable bonds is 9. The van der Waals surface area contributed by atoms with Crippen molar-refractivity contribution in [2.75, 3.05) is 19.6 Å². The molecule has 0 fully saturated rings. The summed E-state index contributed by atoms with van der Waals surface area (Å²) < 4.78 is 0. The molecule has 2 amide bonds. The van der Waals surface area contributed by atoms with Gasteiger partial charge in [-0.2, -0.15) is 0 Å². The van der Waals surface area contributed by atoms with Crippen LogP contribution in [0.5, 0.6) is 0 Å². The van der Waals surface area contributed by atoms with E-state index >= 15 is 0 Å². The molecule has 0 aromatic heterocycles. The zero-order valence-electron chi connectivity index (χ0n) is 12.1. The van der Waals surface area contributed by atoms with E-state index in [9.17, 15) is 14.4 Å². The van der Waals surface area contributed by atoms with Crippen molar-refractivity contribution in [1.82, 2.24) is 10.2 Å². The molecular formula is C13H25N3O3. The van der Waals surface area contributed by atoms with E-state index in [0.717, 1.165) is 30.8 Å². The lowest BCUT2D eigenvalue weighted by Crippen LogP contribution is -2.46. The Labute approximate surface area is 114 Å². The third-order valence-corrected chi connectivity index (χ3v) is 2.85. The molecule has 0 aliphatic carbocycles. The zero-order valence-corrected chi connectivity index (χ0v) is 12.1. The largest absolute Gasteiger partial charge is 0.330 e. The second kappa shape index (κ2) is 9.63. The number of amides is 2. The van der Waals surface area contributed by atoms with Crippen LogP contribution in [-0.2, 0) is 14.4 Å². The minimum atomic E-state index is -0.647. The van der Waals surface area contributed by atoms with Gasteiger partial charge in [0, 0.05) is 13.8 Å². The molecule has 1 atom stereocenters. The highest BCUT2D eigenvalue weighted by Gasteiger charge is 2.27. The summed E-state index contributed by atoms with van der Waals surface area (Å²) in [4.78, 5) is 35.5. The summed E-state index contributed by atoms with van der Waals surface area (Å²) >= 11 is 0. The molecule has 0 bridgehead atoms. The predicted molar refractivity (Wildman–Crippen MR) is 73.4 cm³/mol. The molecule has 0 heterocycles. The fourth-order valence-electron chi connectivity index (χ4n) is 1.95. The Morgan fingerprint density at radius 1 is 1.05 bits per heavy atom. The van der Waals surface area contributed by atoms with Gasteiger partial charge in [-0.1, -0.05) is 0 Å². The third-order valence-electron chi connectivity index (χ3n) is 2.85. The van der Waals surface area contributed by atoms with E-state index in [-0.39, 0.29) is 17.6 Å². The minimum absolute atomic E-state index is 0.160. The number of hydrogen-bond acceptors (Lipinski definition) is 5. The first-order chi connectivity index (χ1) is 8.91. The lowest BCUT2D eigenvalue weighted by molar-refractivity contribution is -0.149. The Morgan fingerprint density at radius 3 is 2.00 bits per heavy atom. The molecule has 0 aliphatic rings. The van der Waals surface area contributed by atoms with Crippen LogP contribution in [0.1, 0.15) is 40.0 Å². The normalized spacial score (nSPS) is 12.0. The number of nitrogens with two attached hydrogens (primary N) is 1. The van der Waals surface area contributed by atoms with Gasteiger partial charge in [0.25, 0.3) is 0 Å².